The summed E-state index contributed by atoms with van der Waals surface area (Å²) in [5, 5.41) is 0. The monoisotopic (exact) mass is 234 g/mol. The van der Waals surface area contributed by atoms with Crippen LogP contribution < -0.4 is 4.72 Å². The highest BCUT2D eigenvalue weighted by Crippen LogP contribution is 2.24. The van der Waals surface area contributed by atoms with E-state index < -0.39 is 10.2 Å². The summed E-state index contributed by atoms with van der Waals surface area (Å²) in [5.41, 5.74) is 0. The lowest BCUT2D eigenvalue weighted by Gasteiger charge is -2.37. The summed E-state index contributed by atoms with van der Waals surface area (Å²) in [6.45, 7) is 7.65. The molecule has 2 unspecified atom stereocenters. The SMILES string of the molecule is CC(C)NS(=O)(=O)N1C(C)CCCC1C. The Bertz CT molecular complexity index is 291. The minimum Gasteiger partial charge on any atom is -0.200 e. The third-order valence-corrected chi connectivity index (χ3v) is 4.82. The van der Waals surface area contributed by atoms with Gasteiger partial charge in [-0.2, -0.15) is 17.4 Å². The Kier molecular flexibility index (Phi) is 4.14. The van der Waals surface area contributed by atoms with Crippen LogP contribution in [0.15, 0.2) is 0 Å². The molecule has 1 aliphatic heterocycles. The highest BCUT2D eigenvalue weighted by atomic mass is 32.2. The van der Waals surface area contributed by atoms with Crippen molar-refractivity contribution in [3.05, 3.63) is 0 Å². The van der Waals surface area contributed by atoms with Crippen LogP contribution in [0.5, 0.6) is 0 Å². The van der Waals surface area contributed by atoms with E-state index in [1.165, 1.54) is 0 Å². The smallest absolute Gasteiger partial charge is 0.200 e. The fourth-order valence-corrected chi connectivity index (χ4v) is 4.11. The Hall–Kier alpha value is -0.130. The van der Waals surface area contributed by atoms with Gasteiger partial charge >= 0.3 is 0 Å². The fourth-order valence-electron chi connectivity index (χ4n) is 2.23. The lowest BCUT2D eigenvalue weighted by molar-refractivity contribution is 0.201. The van der Waals surface area contributed by atoms with Gasteiger partial charge in [0.25, 0.3) is 10.2 Å². The molecule has 0 amide bonds. The molecule has 2 atom stereocenters. The van der Waals surface area contributed by atoms with Crippen LogP contribution in [-0.4, -0.2) is 30.8 Å². The van der Waals surface area contributed by atoms with Gasteiger partial charge in [-0.15, -0.1) is 0 Å². The fraction of sp³-hybridized carbons (Fsp3) is 1.00. The molecule has 0 aromatic rings. The molecule has 0 aromatic carbocycles. The number of rotatable bonds is 3. The molecule has 1 saturated heterocycles. The van der Waals surface area contributed by atoms with Crippen molar-refractivity contribution in [3.63, 3.8) is 0 Å². The Balaban J connectivity index is 2.83. The van der Waals surface area contributed by atoms with E-state index in [2.05, 4.69) is 4.72 Å². The van der Waals surface area contributed by atoms with E-state index in [4.69, 9.17) is 0 Å². The van der Waals surface area contributed by atoms with Crippen LogP contribution in [0.1, 0.15) is 47.0 Å². The van der Waals surface area contributed by atoms with Crippen molar-refractivity contribution in [2.75, 3.05) is 0 Å². The van der Waals surface area contributed by atoms with Gasteiger partial charge in [-0.25, -0.2) is 0 Å². The van der Waals surface area contributed by atoms with Crippen LogP contribution in [0, 0.1) is 0 Å². The molecular weight excluding hydrogens is 212 g/mol. The van der Waals surface area contributed by atoms with Crippen molar-refractivity contribution in [1.29, 1.82) is 0 Å². The first-order valence-corrected chi connectivity index (χ1v) is 7.09. The largest absolute Gasteiger partial charge is 0.280 e. The predicted octanol–water partition coefficient (Wildman–Crippen LogP) is 1.49. The second-order valence-electron chi connectivity index (χ2n) is 4.74. The topological polar surface area (TPSA) is 49.4 Å². The Morgan fingerprint density at radius 2 is 1.67 bits per heavy atom. The molecule has 5 heteroatoms. The summed E-state index contributed by atoms with van der Waals surface area (Å²) in [6.07, 6.45) is 3.04. The van der Waals surface area contributed by atoms with Crippen LogP contribution in [0.2, 0.25) is 0 Å². The van der Waals surface area contributed by atoms with E-state index in [0.717, 1.165) is 19.3 Å². The first-order chi connectivity index (χ1) is 6.84. The molecule has 1 rings (SSSR count). The van der Waals surface area contributed by atoms with Gasteiger partial charge in [0.15, 0.2) is 0 Å². The average Bonchev–Trinajstić information content (AvgIpc) is 1.99. The van der Waals surface area contributed by atoms with Crippen LogP contribution in [0.25, 0.3) is 0 Å². The van der Waals surface area contributed by atoms with E-state index in [9.17, 15) is 8.42 Å². The van der Waals surface area contributed by atoms with Gasteiger partial charge in [0, 0.05) is 18.1 Å². The van der Waals surface area contributed by atoms with E-state index in [0.29, 0.717) is 0 Å². The van der Waals surface area contributed by atoms with Gasteiger partial charge < -0.3 is 0 Å². The molecule has 0 aromatic heterocycles. The van der Waals surface area contributed by atoms with Gasteiger partial charge in [0.05, 0.1) is 0 Å². The molecule has 15 heavy (non-hydrogen) atoms. The van der Waals surface area contributed by atoms with E-state index >= 15 is 0 Å². The molecule has 1 fully saturated rings. The number of hydrogen-bond donors (Lipinski definition) is 1. The number of piperidine rings is 1. The lowest BCUT2D eigenvalue weighted by atomic mass is 10.0. The van der Waals surface area contributed by atoms with Gasteiger partial charge in [-0.3, -0.25) is 0 Å². The van der Waals surface area contributed by atoms with Gasteiger partial charge in [-0.05, 0) is 40.5 Å². The molecule has 0 radical (unpaired) electrons. The second kappa shape index (κ2) is 4.80. The van der Waals surface area contributed by atoms with Crippen molar-refractivity contribution in [2.45, 2.75) is 65.1 Å². The first-order valence-electron chi connectivity index (χ1n) is 5.65. The van der Waals surface area contributed by atoms with E-state index in [1.54, 1.807) is 4.31 Å². The third kappa shape index (κ3) is 3.16. The Morgan fingerprint density at radius 3 is 2.07 bits per heavy atom. The van der Waals surface area contributed by atoms with Crippen molar-refractivity contribution in [3.8, 4) is 0 Å². The Labute approximate surface area is 93.2 Å². The standard InChI is InChI=1S/C10H22N2O2S/c1-8(2)11-15(13,14)12-9(3)6-5-7-10(12)4/h8-11H,5-7H2,1-4H3. The van der Waals surface area contributed by atoms with Crippen molar-refractivity contribution < 1.29 is 8.42 Å². The van der Waals surface area contributed by atoms with Crippen molar-refractivity contribution in [2.24, 2.45) is 0 Å². The summed E-state index contributed by atoms with van der Waals surface area (Å²) >= 11 is 0. The highest BCUT2D eigenvalue weighted by Gasteiger charge is 2.34. The maximum Gasteiger partial charge on any atom is 0.280 e. The van der Waals surface area contributed by atoms with Crippen LogP contribution in [0.4, 0.5) is 0 Å². The highest BCUT2D eigenvalue weighted by molar-refractivity contribution is 7.87. The summed E-state index contributed by atoms with van der Waals surface area (Å²) in [7, 11) is -3.30. The zero-order chi connectivity index (χ0) is 11.6. The molecule has 1 aliphatic rings. The van der Waals surface area contributed by atoms with Gasteiger partial charge in [-0.1, -0.05) is 6.42 Å². The molecular formula is C10H22N2O2S. The summed E-state index contributed by atoms with van der Waals surface area (Å²) in [5.74, 6) is 0. The van der Waals surface area contributed by atoms with Crippen molar-refractivity contribution >= 4 is 10.2 Å². The molecule has 4 nitrogen and oxygen atoms in total. The molecule has 0 spiro atoms. The molecule has 1 heterocycles. The van der Waals surface area contributed by atoms with E-state index in [1.807, 2.05) is 27.7 Å². The summed E-state index contributed by atoms with van der Waals surface area (Å²) in [4.78, 5) is 0. The average molecular weight is 234 g/mol. The quantitative estimate of drug-likeness (QED) is 0.804. The molecule has 1 N–H and O–H groups in total. The molecule has 90 valence electrons. The minimum absolute atomic E-state index is 0.0451. The number of hydrogen-bond acceptors (Lipinski definition) is 2. The zero-order valence-electron chi connectivity index (χ0n) is 10.0. The molecule has 0 bridgehead atoms. The molecule has 0 aliphatic carbocycles. The van der Waals surface area contributed by atoms with E-state index in [-0.39, 0.29) is 18.1 Å². The normalized spacial score (nSPS) is 29.7. The predicted molar refractivity (Wildman–Crippen MR) is 61.8 cm³/mol. The maximum absolute atomic E-state index is 12.0. The van der Waals surface area contributed by atoms with Crippen molar-refractivity contribution in [1.82, 2.24) is 9.03 Å². The zero-order valence-corrected chi connectivity index (χ0v) is 10.8. The maximum atomic E-state index is 12.0. The molecule has 0 saturated carbocycles. The third-order valence-electron chi connectivity index (χ3n) is 2.77. The summed E-state index contributed by atoms with van der Waals surface area (Å²) < 4.78 is 28.3. The minimum atomic E-state index is -3.30. The Morgan fingerprint density at radius 1 is 1.20 bits per heavy atom. The number of nitrogens with zero attached hydrogens (tertiary/aromatic N) is 1. The first kappa shape index (κ1) is 12.9. The van der Waals surface area contributed by atoms with Crippen LogP contribution in [-0.2, 0) is 10.2 Å². The second-order valence-corrected chi connectivity index (χ2v) is 6.34. The van der Waals surface area contributed by atoms with Gasteiger partial charge in [0.1, 0.15) is 0 Å². The summed E-state index contributed by atoms with van der Waals surface area (Å²) in [6, 6.07) is 0.186. The number of nitrogens with one attached hydrogen (secondary N) is 1. The van der Waals surface area contributed by atoms with Crippen LogP contribution in [0.3, 0.4) is 0 Å². The lowest BCUT2D eigenvalue weighted by Crippen LogP contribution is -2.53. The van der Waals surface area contributed by atoms with Crippen LogP contribution >= 0.6 is 0 Å². The van der Waals surface area contributed by atoms with Gasteiger partial charge in [0.2, 0.25) is 0 Å².